The molecule has 0 saturated heterocycles. The number of benzene rings is 2. The van der Waals surface area contributed by atoms with Crippen molar-refractivity contribution in [1.29, 1.82) is 0 Å². The highest BCUT2D eigenvalue weighted by Gasteiger charge is 2.07. The maximum Gasteiger partial charge on any atom is 0.173 e. The minimum atomic E-state index is -0.232. The Balaban J connectivity index is 1.97. The molecule has 2 aromatic rings. The van der Waals surface area contributed by atoms with Crippen LogP contribution >= 0.6 is 12.2 Å². The molecule has 0 aromatic heterocycles. The van der Waals surface area contributed by atoms with Crippen molar-refractivity contribution in [2.45, 2.75) is 33.2 Å². The van der Waals surface area contributed by atoms with E-state index in [-0.39, 0.29) is 5.82 Å². The second kappa shape index (κ2) is 7.55. The number of rotatable bonds is 4. The molecular weight excluding hydrogens is 307 g/mol. The Morgan fingerprint density at radius 3 is 2.39 bits per heavy atom. The molecule has 2 rings (SSSR count). The van der Waals surface area contributed by atoms with Crippen molar-refractivity contribution in [3.8, 4) is 0 Å². The first kappa shape index (κ1) is 17.4. The first-order chi connectivity index (χ1) is 10.9. The Labute approximate surface area is 143 Å². The highest BCUT2D eigenvalue weighted by Crippen LogP contribution is 2.17. The maximum absolute atomic E-state index is 13.6. The molecule has 4 heteroatoms. The summed E-state index contributed by atoms with van der Waals surface area (Å²) < 4.78 is 13.6. The quantitative estimate of drug-likeness (QED) is 0.786. The van der Waals surface area contributed by atoms with Crippen LogP contribution in [0.25, 0.3) is 0 Å². The van der Waals surface area contributed by atoms with Crippen LogP contribution in [0.5, 0.6) is 0 Å². The minimum Gasteiger partial charge on any atom is -0.348 e. The number of halogens is 1. The molecule has 0 bridgehead atoms. The zero-order valence-electron chi connectivity index (χ0n) is 14.1. The van der Waals surface area contributed by atoms with Gasteiger partial charge in [0.2, 0.25) is 0 Å². The Bertz CT molecular complexity index is 680. The van der Waals surface area contributed by atoms with Crippen LogP contribution in [0.3, 0.4) is 0 Å². The van der Waals surface area contributed by atoms with Crippen LogP contribution in [-0.4, -0.2) is 17.1 Å². The fourth-order valence-electron chi connectivity index (χ4n) is 2.24. The average Bonchev–Trinajstić information content (AvgIpc) is 2.51. The first-order valence-corrected chi connectivity index (χ1v) is 8.14. The monoisotopic (exact) mass is 330 g/mol. The minimum absolute atomic E-state index is 0.232. The largest absolute Gasteiger partial charge is 0.348 e. The van der Waals surface area contributed by atoms with Crippen molar-refractivity contribution in [2.75, 3.05) is 12.4 Å². The number of aryl methyl sites for hydroxylation is 1. The van der Waals surface area contributed by atoms with Crippen molar-refractivity contribution < 1.29 is 4.39 Å². The predicted molar refractivity (Wildman–Crippen MR) is 99.4 cm³/mol. The molecule has 0 aliphatic rings. The van der Waals surface area contributed by atoms with E-state index >= 15 is 0 Å². The zero-order valence-corrected chi connectivity index (χ0v) is 14.9. The third-order valence-electron chi connectivity index (χ3n) is 3.84. The Morgan fingerprint density at radius 2 is 1.83 bits per heavy atom. The van der Waals surface area contributed by atoms with Crippen molar-refractivity contribution in [3.05, 3.63) is 65.0 Å². The molecule has 2 nitrogen and oxygen atoms in total. The number of hydrogen-bond donors (Lipinski definition) is 1. The van der Waals surface area contributed by atoms with E-state index in [0.29, 0.717) is 28.8 Å². The Kier molecular flexibility index (Phi) is 5.72. The van der Waals surface area contributed by atoms with E-state index < -0.39 is 0 Å². The smallest absolute Gasteiger partial charge is 0.173 e. The van der Waals surface area contributed by atoms with Crippen molar-refractivity contribution in [1.82, 2.24) is 4.90 Å². The zero-order chi connectivity index (χ0) is 17.0. The molecule has 1 N–H and O–H groups in total. The SMILES string of the molecule is Cc1ccc(NC(=S)N(C)Cc2ccc(C(C)C)cc2)cc1F. The molecule has 0 amide bonds. The lowest BCUT2D eigenvalue weighted by atomic mass is 10.0. The fraction of sp³-hybridized carbons (Fsp3) is 0.316. The number of anilines is 1. The summed E-state index contributed by atoms with van der Waals surface area (Å²) in [5.41, 5.74) is 3.81. The Hall–Kier alpha value is -1.94. The molecule has 23 heavy (non-hydrogen) atoms. The van der Waals surface area contributed by atoms with Crippen LogP contribution in [0.1, 0.15) is 36.5 Å². The van der Waals surface area contributed by atoms with E-state index in [4.69, 9.17) is 12.2 Å². The molecule has 0 unspecified atom stereocenters. The summed E-state index contributed by atoms with van der Waals surface area (Å²) >= 11 is 5.39. The number of nitrogens with zero attached hydrogens (tertiary/aromatic N) is 1. The third-order valence-corrected chi connectivity index (χ3v) is 4.25. The van der Waals surface area contributed by atoms with Gasteiger partial charge in [0.25, 0.3) is 0 Å². The second-order valence-corrected chi connectivity index (χ2v) is 6.53. The summed E-state index contributed by atoms with van der Waals surface area (Å²) in [7, 11) is 1.93. The highest BCUT2D eigenvalue weighted by atomic mass is 32.1. The third kappa shape index (κ3) is 4.76. The maximum atomic E-state index is 13.6. The van der Waals surface area contributed by atoms with E-state index in [0.717, 1.165) is 0 Å². The lowest BCUT2D eigenvalue weighted by Crippen LogP contribution is -2.30. The lowest BCUT2D eigenvalue weighted by Gasteiger charge is -2.21. The van der Waals surface area contributed by atoms with Gasteiger partial charge in [0.1, 0.15) is 5.82 Å². The molecule has 0 aliphatic carbocycles. The van der Waals surface area contributed by atoms with E-state index in [2.05, 4.69) is 43.4 Å². The topological polar surface area (TPSA) is 15.3 Å². The van der Waals surface area contributed by atoms with Crippen LogP contribution < -0.4 is 5.32 Å². The van der Waals surface area contributed by atoms with Crippen molar-refractivity contribution >= 4 is 23.0 Å². The summed E-state index contributed by atoms with van der Waals surface area (Å²) in [5, 5.41) is 3.65. The standard InChI is InChI=1S/C19H23FN2S/c1-13(2)16-8-6-15(7-9-16)12-22(4)19(23)21-17-10-5-14(3)18(20)11-17/h5-11,13H,12H2,1-4H3,(H,21,23). The van der Waals surface area contributed by atoms with Crippen molar-refractivity contribution in [3.63, 3.8) is 0 Å². The van der Waals surface area contributed by atoms with Crippen molar-refractivity contribution in [2.24, 2.45) is 0 Å². The van der Waals surface area contributed by atoms with Crippen LogP contribution in [0, 0.1) is 12.7 Å². The first-order valence-electron chi connectivity index (χ1n) is 7.74. The van der Waals surface area contributed by atoms with Gasteiger partial charge in [0, 0.05) is 19.3 Å². The van der Waals surface area contributed by atoms with Gasteiger partial charge in [0.15, 0.2) is 5.11 Å². The molecule has 0 spiro atoms. The van der Waals surface area contributed by atoms with Gasteiger partial charge in [-0.25, -0.2) is 4.39 Å². The van der Waals surface area contributed by atoms with Crippen LogP contribution in [0.2, 0.25) is 0 Å². The molecule has 0 atom stereocenters. The van der Waals surface area contributed by atoms with Gasteiger partial charge in [-0.15, -0.1) is 0 Å². The van der Waals surface area contributed by atoms with Gasteiger partial charge >= 0.3 is 0 Å². The number of thiocarbonyl (C=S) groups is 1. The lowest BCUT2D eigenvalue weighted by molar-refractivity contribution is 0.508. The highest BCUT2D eigenvalue weighted by molar-refractivity contribution is 7.80. The van der Waals surface area contributed by atoms with Crippen LogP contribution in [-0.2, 0) is 6.54 Å². The average molecular weight is 330 g/mol. The van der Waals surface area contributed by atoms with E-state index in [1.54, 1.807) is 13.0 Å². The number of hydrogen-bond acceptors (Lipinski definition) is 1. The molecule has 2 aromatic carbocycles. The van der Waals surface area contributed by atoms with Crippen LogP contribution in [0.15, 0.2) is 42.5 Å². The van der Waals surface area contributed by atoms with E-state index in [1.807, 2.05) is 18.0 Å². The van der Waals surface area contributed by atoms with Crippen LogP contribution in [0.4, 0.5) is 10.1 Å². The van der Waals surface area contributed by atoms with Gasteiger partial charge in [0.05, 0.1) is 0 Å². The summed E-state index contributed by atoms with van der Waals surface area (Å²) in [6.45, 7) is 6.81. The summed E-state index contributed by atoms with van der Waals surface area (Å²) in [4.78, 5) is 1.94. The van der Waals surface area contributed by atoms with E-state index in [9.17, 15) is 4.39 Å². The van der Waals surface area contributed by atoms with Gasteiger partial charge < -0.3 is 10.2 Å². The molecule has 122 valence electrons. The normalized spacial score (nSPS) is 10.7. The van der Waals surface area contributed by atoms with E-state index in [1.165, 1.54) is 17.2 Å². The van der Waals surface area contributed by atoms with Gasteiger partial charge in [-0.3, -0.25) is 0 Å². The molecule has 0 fully saturated rings. The molecule has 0 radical (unpaired) electrons. The summed E-state index contributed by atoms with van der Waals surface area (Å²) in [5.74, 6) is 0.297. The molecular formula is C19H23FN2S. The van der Waals surface area contributed by atoms with Gasteiger partial charge in [-0.1, -0.05) is 44.2 Å². The predicted octanol–water partition coefficient (Wildman–Crippen LogP) is 5.09. The molecule has 0 aliphatic heterocycles. The number of nitrogens with one attached hydrogen (secondary N) is 1. The second-order valence-electron chi connectivity index (χ2n) is 6.15. The fourth-order valence-corrected chi connectivity index (χ4v) is 2.43. The molecule has 0 heterocycles. The summed E-state index contributed by atoms with van der Waals surface area (Å²) in [6, 6.07) is 13.6. The molecule has 0 saturated carbocycles. The van der Waals surface area contributed by atoms with Gasteiger partial charge in [-0.05, 0) is 53.9 Å². The summed E-state index contributed by atoms with van der Waals surface area (Å²) in [6.07, 6.45) is 0. The van der Waals surface area contributed by atoms with Gasteiger partial charge in [-0.2, -0.15) is 0 Å². The Morgan fingerprint density at radius 1 is 1.17 bits per heavy atom.